The van der Waals surface area contributed by atoms with Crippen LogP contribution in [0.3, 0.4) is 0 Å². The largest absolute Gasteiger partial charge is 0.456 e. The quantitative estimate of drug-likeness (QED) is 0.622. The summed E-state index contributed by atoms with van der Waals surface area (Å²) < 4.78 is 31.5. The van der Waals surface area contributed by atoms with E-state index in [1.807, 2.05) is 6.92 Å². The van der Waals surface area contributed by atoms with Crippen LogP contribution in [0.4, 0.5) is 0 Å². The van der Waals surface area contributed by atoms with E-state index in [1.54, 1.807) is 23.1 Å². The van der Waals surface area contributed by atoms with Gasteiger partial charge in [0.2, 0.25) is 0 Å². The number of carbonyl (C=O) groups is 2. The van der Waals surface area contributed by atoms with Gasteiger partial charge in [-0.15, -0.1) is 0 Å². The third-order valence-corrected chi connectivity index (χ3v) is 6.02. The molecule has 0 unspecified atom stereocenters. The Morgan fingerprint density at radius 2 is 2.04 bits per heavy atom. The number of nitrogens with zero attached hydrogens (tertiary/aromatic N) is 2. The van der Waals surface area contributed by atoms with Gasteiger partial charge in [0.25, 0.3) is 15.9 Å². The van der Waals surface area contributed by atoms with Gasteiger partial charge in [-0.25, -0.2) is 8.42 Å². The highest BCUT2D eigenvalue weighted by atomic mass is 32.2. The maximum absolute atomic E-state index is 12.2. The van der Waals surface area contributed by atoms with Crippen molar-refractivity contribution in [2.24, 2.45) is 10.9 Å². The number of amidine groups is 1. The number of ether oxygens (including phenoxy) is 1. The van der Waals surface area contributed by atoms with E-state index in [9.17, 15) is 18.0 Å². The van der Waals surface area contributed by atoms with Crippen LogP contribution in [0.15, 0.2) is 34.2 Å². The average Bonchev–Trinajstić information content (AvgIpc) is 3.44. The molecule has 1 heterocycles. The normalized spacial score (nSPS) is 18.4. The third kappa shape index (κ3) is 5.09. The molecule has 9 heteroatoms. The average molecular weight is 407 g/mol. The second-order valence-electron chi connectivity index (χ2n) is 7.03. The summed E-state index contributed by atoms with van der Waals surface area (Å²) >= 11 is 0. The lowest BCUT2D eigenvalue weighted by molar-refractivity contribution is -0.152. The first-order valence-electron chi connectivity index (χ1n) is 9.50. The molecule has 2 aliphatic rings. The molecule has 0 aromatic heterocycles. The predicted octanol–water partition coefficient (Wildman–Crippen LogP) is 1.31. The summed E-state index contributed by atoms with van der Waals surface area (Å²) in [5.41, 5.74) is 0.487. The molecule has 1 N–H and O–H groups in total. The number of fused-ring (bicyclic) bond motifs is 1. The summed E-state index contributed by atoms with van der Waals surface area (Å²) in [5, 5.41) is 0. The molecule has 28 heavy (non-hydrogen) atoms. The number of hydrogen-bond donors (Lipinski definition) is 1. The van der Waals surface area contributed by atoms with Crippen molar-refractivity contribution >= 4 is 27.7 Å². The molecule has 0 saturated heterocycles. The standard InChI is InChI=1S/C19H25N3O5S/c1-2-11-22(12-14-7-8-14)17(23)13-27-18(24)9-10-20-19-15-5-3-4-6-16(15)28(25,26)21-19/h3-6,14H,2,7-13H2,1H3,(H,20,21). The topological polar surface area (TPSA) is 105 Å². The minimum absolute atomic E-state index is 0.0307. The zero-order valence-electron chi connectivity index (χ0n) is 15.9. The molecule has 1 aromatic carbocycles. The molecule has 1 saturated carbocycles. The van der Waals surface area contributed by atoms with Crippen LogP contribution in [-0.4, -0.2) is 57.3 Å². The lowest BCUT2D eigenvalue weighted by Gasteiger charge is -2.21. The number of nitrogens with one attached hydrogen (secondary N) is 1. The lowest BCUT2D eigenvalue weighted by Crippen LogP contribution is -2.36. The highest BCUT2D eigenvalue weighted by Gasteiger charge is 2.30. The fourth-order valence-electron chi connectivity index (χ4n) is 3.02. The fourth-order valence-corrected chi connectivity index (χ4v) is 4.27. The number of rotatable bonds is 9. The number of hydrogen-bond acceptors (Lipinski definition) is 6. The van der Waals surface area contributed by atoms with Gasteiger partial charge >= 0.3 is 5.97 Å². The van der Waals surface area contributed by atoms with Crippen molar-refractivity contribution in [1.29, 1.82) is 0 Å². The summed E-state index contributed by atoms with van der Waals surface area (Å²) in [4.78, 5) is 30.2. The van der Waals surface area contributed by atoms with Crippen molar-refractivity contribution in [3.05, 3.63) is 29.8 Å². The Morgan fingerprint density at radius 3 is 2.75 bits per heavy atom. The van der Waals surface area contributed by atoms with E-state index >= 15 is 0 Å². The fraction of sp³-hybridized carbons (Fsp3) is 0.526. The molecule has 152 valence electrons. The van der Waals surface area contributed by atoms with E-state index in [0.717, 1.165) is 25.8 Å². The molecule has 0 spiro atoms. The van der Waals surface area contributed by atoms with Crippen molar-refractivity contribution in [3.8, 4) is 0 Å². The highest BCUT2D eigenvalue weighted by Crippen LogP contribution is 2.29. The van der Waals surface area contributed by atoms with E-state index < -0.39 is 16.0 Å². The second-order valence-corrected chi connectivity index (χ2v) is 8.68. The van der Waals surface area contributed by atoms with Gasteiger partial charge in [-0.05, 0) is 37.3 Å². The van der Waals surface area contributed by atoms with Crippen molar-refractivity contribution in [3.63, 3.8) is 0 Å². The molecule has 8 nitrogen and oxygen atoms in total. The number of esters is 1. The molecule has 0 atom stereocenters. The summed E-state index contributed by atoms with van der Waals surface area (Å²) in [6.07, 6.45) is 3.14. The molecule has 1 aliphatic carbocycles. The first-order valence-corrected chi connectivity index (χ1v) is 11.0. The van der Waals surface area contributed by atoms with Crippen LogP contribution in [0.1, 0.15) is 38.2 Å². The second kappa shape index (κ2) is 8.72. The summed E-state index contributed by atoms with van der Waals surface area (Å²) in [6.45, 7) is 3.21. The zero-order chi connectivity index (χ0) is 20.1. The van der Waals surface area contributed by atoms with E-state index in [-0.39, 0.29) is 36.2 Å². The van der Waals surface area contributed by atoms with Crippen molar-refractivity contribution in [1.82, 2.24) is 9.62 Å². The first-order chi connectivity index (χ1) is 13.4. The van der Waals surface area contributed by atoms with Crippen LogP contribution in [0, 0.1) is 5.92 Å². The van der Waals surface area contributed by atoms with Crippen LogP contribution in [0.2, 0.25) is 0 Å². The third-order valence-electron chi connectivity index (χ3n) is 4.63. The lowest BCUT2D eigenvalue weighted by atomic mass is 10.2. The smallest absolute Gasteiger partial charge is 0.308 e. The van der Waals surface area contributed by atoms with Gasteiger partial charge in [0, 0.05) is 18.7 Å². The minimum Gasteiger partial charge on any atom is -0.456 e. The SMILES string of the molecule is CCCN(CC1CC1)C(=O)COC(=O)CCN=C1NS(=O)(=O)c2ccccc21. The van der Waals surface area contributed by atoms with E-state index in [0.29, 0.717) is 18.0 Å². The van der Waals surface area contributed by atoms with Gasteiger partial charge in [0.05, 0.1) is 17.9 Å². The molecule has 1 fully saturated rings. The Hall–Kier alpha value is -2.42. The minimum atomic E-state index is -3.59. The van der Waals surface area contributed by atoms with Crippen molar-refractivity contribution in [2.45, 2.75) is 37.5 Å². The molecule has 3 rings (SSSR count). The molecule has 1 amide bonds. The van der Waals surface area contributed by atoms with E-state index in [2.05, 4.69) is 9.71 Å². The number of carbonyl (C=O) groups excluding carboxylic acids is 2. The van der Waals surface area contributed by atoms with Gasteiger partial charge in [-0.2, -0.15) is 0 Å². The van der Waals surface area contributed by atoms with Crippen LogP contribution < -0.4 is 4.72 Å². The first kappa shape index (κ1) is 20.3. The van der Waals surface area contributed by atoms with Crippen LogP contribution in [0.25, 0.3) is 0 Å². The van der Waals surface area contributed by atoms with E-state index in [4.69, 9.17) is 4.74 Å². The summed E-state index contributed by atoms with van der Waals surface area (Å²) in [7, 11) is -3.59. The van der Waals surface area contributed by atoms with Gasteiger partial charge in [-0.3, -0.25) is 19.3 Å². The van der Waals surface area contributed by atoms with Crippen molar-refractivity contribution in [2.75, 3.05) is 26.2 Å². The van der Waals surface area contributed by atoms with Crippen LogP contribution >= 0.6 is 0 Å². The Balaban J connectivity index is 1.47. The van der Waals surface area contributed by atoms with E-state index in [1.165, 1.54) is 6.07 Å². The molecule has 1 aliphatic heterocycles. The maximum Gasteiger partial charge on any atom is 0.308 e. The predicted molar refractivity (Wildman–Crippen MR) is 103 cm³/mol. The summed E-state index contributed by atoms with van der Waals surface area (Å²) in [5.74, 6) is 0.0960. The highest BCUT2D eigenvalue weighted by molar-refractivity contribution is 7.90. The number of benzene rings is 1. The van der Waals surface area contributed by atoms with Crippen LogP contribution in [-0.2, 0) is 24.3 Å². The Kier molecular flexibility index (Phi) is 6.33. The number of sulfonamides is 1. The molecular weight excluding hydrogens is 382 g/mol. The molecule has 1 aromatic rings. The monoisotopic (exact) mass is 407 g/mol. The Morgan fingerprint density at radius 1 is 1.29 bits per heavy atom. The Labute approximate surface area is 165 Å². The number of aliphatic imine (C=N–C) groups is 1. The molecular formula is C19H25N3O5S. The molecule has 0 bridgehead atoms. The maximum atomic E-state index is 12.2. The van der Waals surface area contributed by atoms with Gasteiger partial charge in [0.1, 0.15) is 5.84 Å². The Bertz CT molecular complexity index is 877. The summed E-state index contributed by atoms with van der Waals surface area (Å²) in [6, 6.07) is 6.52. The van der Waals surface area contributed by atoms with Crippen molar-refractivity contribution < 1.29 is 22.7 Å². The zero-order valence-corrected chi connectivity index (χ0v) is 16.7. The number of amides is 1. The van der Waals surface area contributed by atoms with Gasteiger partial charge < -0.3 is 9.64 Å². The molecule has 0 radical (unpaired) electrons. The van der Waals surface area contributed by atoms with Gasteiger partial charge in [0.15, 0.2) is 6.61 Å². The van der Waals surface area contributed by atoms with Gasteiger partial charge in [-0.1, -0.05) is 19.1 Å². The van der Waals surface area contributed by atoms with Crippen LogP contribution in [0.5, 0.6) is 0 Å².